The number of H-pyrrole nitrogens is 1. The fourth-order valence-corrected chi connectivity index (χ4v) is 4.66. The van der Waals surface area contributed by atoms with Crippen LogP contribution in [0.5, 0.6) is 5.75 Å². The molecule has 2 heterocycles. The number of fused-ring (bicyclic) bond motifs is 1. The Morgan fingerprint density at radius 3 is 2.61 bits per heavy atom. The highest BCUT2D eigenvalue weighted by molar-refractivity contribution is 6.04. The average molecular weight is 380 g/mol. The van der Waals surface area contributed by atoms with Crippen LogP contribution < -0.4 is 4.74 Å². The zero-order valence-corrected chi connectivity index (χ0v) is 16.7. The summed E-state index contributed by atoms with van der Waals surface area (Å²) < 4.78 is 5.28. The number of ketones is 1. The lowest BCUT2D eigenvalue weighted by Gasteiger charge is -2.30. The normalized spacial score (nSPS) is 19.9. The largest absolute Gasteiger partial charge is 0.497 e. The van der Waals surface area contributed by atoms with Crippen LogP contribution in [0.2, 0.25) is 0 Å². The van der Waals surface area contributed by atoms with Crippen molar-refractivity contribution in [3.8, 4) is 5.75 Å². The van der Waals surface area contributed by atoms with Crippen LogP contribution in [-0.4, -0.2) is 35.2 Å². The summed E-state index contributed by atoms with van der Waals surface area (Å²) in [5.41, 5.74) is 4.25. The van der Waals surface area contributed by atoms with E-state index in [1.54, 1.807) is 7.11 Å². The third-order valence-corrected chi connectivity index (χ3v) is 6.17. The van der Waals surface area contributed by atoms with Crippen LogP contribution in [0.3, 0.4) is 0 Å². The molecule has 1 aromatic heterocycles. The zero-order chi connectivity index (χ0) is 19.7. The minimum absolute atomic E-state index is 0.0161. The minimum Gasteiger partial charge on any atom is -0.497 e. The van der Waals surface area contributed by atoms with Gasteiger partial charge in [0, 0.05) is 24.2 Å². The molecule has 2 aliphatic rings. The first-order valence-corrected chi connectivity index (χ1v) is 10.3. The summed E-state index contributed by atoms with van der Waals surface area (Å²) >= 11 is 0. The van der Waals surface area contributed by atoms with Gasteiger partial charge in [0.05, 0.1) is 13.2 Å². The summed E-state index contributed by atoms with van der Waals surface area (Å²) in [5.74, 6) is 1.00. The van der Waals surface area contributed by atoms with Gasteiger partial charge >= 0.3 is 0 Å². The lowest BCUT2D eigenvalue weighted by molar-refractivity contribution is 0.0674. The predicted molar refractivity (Wildman–Crippen MR) is 108 cm³/mol. The van der Waals surface area contributed by atoms with Gasteiger partial charge in [-0.15, -0.1) is 0 Å². The van der Waals surface area contributed by atoms with E-state index in [2.05, 4.69) is 17.1 Å². The van der Waals surface area contributed by atoms with Crippen molar-refractivity contribution in [2.24, 2.45) is 0 Å². The Kier molecular flexibility index (Phi) is 5.25. The highest BCUT2D eigenvalue weighted by Crippen LogP contribution is 2.34. The molecule has 1 atom stereocenters. The van der Waals surface area contributed by atoms with Gasteiger partial charge in [-0.25, -0.2) is 0 Å². The summed E-state index contributed by atoms with van der Waals surface area (Å²) in [6.07, 6.45) is 6.49. The van der Waals surface area contributed by atoms with Crippen molar-refractivity contribution in [3.05, 3.63) is 52.3 Å². The van der Waals surface area contributed by atoms with E-state index in [9.17, 15) is 9.59 Å². The number of carbonyl (C=O) groups is 2. The maximum atomic E-state index is 13.6. The van der Waals surface area contributed by atoms with E-state index in [1.807, 2.05) is 24.0 Å². The Labute approximate surface area is 166 Å². The average Bonchev–Trinajstić information content (AvgIpc) is 2.90. The summed E-state index contributed by atoms with van der Waals surface area (Å²) in [5, 5.41) is 0. The highest BCUT2D eigenvalue weighted by Gasteiger charge is 2.32. The second-order valence-electron chi connectivity index (χ2n) is 7.89. The Bertz CT molecular complexity index is 882. The maximum Gasteiger partial charge on any atom is 0.271 e. The molecule has 2 aromatic rings. The molecule has 4 rings (SSSR count). The molecule has 1 unspecified atom stereocenters. The maximum absolute atomic E-state index is 13.6. The molecule has 5 nitrogen and oxygen atoms in total. The smallest absolute Gasteiger partial charge is 0.271 e. The van der Waals surface area contributed by atoms with E-state index < -0.39 is 0 Å². The van der Waals surface area contributed by atoms with Gasteiger partial charge in [-0.2, -0.15) is 0 Å². The number of carbonyl (C=O) groups excluding carboxylic acids is 2. The first kappa shape index (κ1) is 18.8. The molecule has 1 fully saturated rings. The lowest BCUT2D eigenvalue weighted by atomic mass is 9.93. The Balaban J connectivity index is 1.68. The number of methoxy groups -OCH3 is 1. The monoisotopic (exact) mass is 380 g/mol. The molecule has 1 aliphatic carbocycles. The molecule has 0 radical (unpaired) electrons. The molecule has 1 saturated heterocycles. The van der Waals surface area contributed by atoms with Crippen molar-refractivity contribution >= 4 is 11.7 Å². The highest BCUT2D eigenvalue weighted by atomic mass is 16.5. The van der Waals surface area contributed by atoms with Crippen LogP contribution in [0.15, 0.2) is 24.3 Å². The third kappa shape index (κ3) is 3.34. The van der Waals surface area contributed by atoms with Gasteiger partial charge in [-0.05, 0) is 55.9 Å². The molecule has 0 bridgehead atoms. The van der Waals surface area contributed by atoms with Crippen LogP contribution >= 0.6 is 0 Å². The molecule has 5 heteroatoms. The lowest BCUT2D eigenvalue weighted by Crippen LogP contribution is -2.35. The van der Waals surface area contributed by atoms with E-state index in [0.717, 1.165) is 73.2 Å². The van der Waals surface area contributed by atoms with Crippen LogP contribution in [0.25, 0.3) is 0 Å². The molecular formula is C23H28N2O3. The third-order valence-electron chi connectivity index (χ3n) is 6.17. The van der Waals surface area contributed by atoms with Crippen molar-refractivity contribution in [2.75, 3.05) is 13.7 Å². The number of aromatic nitrogens is 1. The van der Waals surface area contributed by atoms with Gasteiger partial charge in [0.1, 0.15) is 11.4 Å². The molecule has 28 heavy (non-hydrogen) atoms. The molecule has 1 amide bonds. The Hall–Kier alpha value is -2.56. The van der Waals surface area contributed by atoms with Gasteiger partial charge in [-0.3, -0.25) is 9.59 Å². The number of rotatable bonds is 3. The van der Waals surface area contributed by atoms with Crippen LogP contribution in [0.4, 0.5) is 0 Å². The zero-order valence-electron chi connectivity index (χ0n) is 16.7. The van der Waals surface area contributed by atoms with Crippen molar-refractivity contribution in [1.29, 1.82) is 0 Å². The second-order valence-corrected chi connectivity index (χ2v) is 7.89. The van der Waals surface area contributed by atoms with Crippen molar-refractivity contribution in [1.82, 2.24) is 9.88 Å². The van der Waals surface area contributed by atoms with E-state index >= 15 is 0 Å². The van der Waals surface area contributed by atoms with Gasteiger partial charge in [0.15, 0.2) is 5.78 Å². The number of aromatic amines is 1. The van der Waals surface area contributed by atoms with Gasteiger partial charge in [0.2, 0.25) is 0 Å². The van der Waals surface area contributed by atoms with E-state index in [0.29, 0.717) is 12.1 Å². The molecule has 0 spiro atoms. The number of Topliss-reactive ketones (excluding diaryl/α,β-unsaturated/α-hetero) is 1. The number of hydrogen-bond acceptors (Lipinski definition) is 3. The number of nitrogens with zero attached hydrogens (tertiary/aromatic N) is 1. The van der Waals surface area contributed by atoms with E-state index in [1.165, 1.54) is 0 Å². The summed E-state index contributed by atoms with van der Waals surface area (Å²) in [6.45, 7) is 2.65. The van der Waals surface area contributed by atoms with Gasteiger partial charge in [0.25, 0.3) is 5.91 Å². The number of aryl methyl sites for hydroxylation is 1. The molecule has 0 saturated carbocycles. The number of hydrogen-bond donors (Lipinski definition) is 1. The van der Waals surface area contributed by atoms with E-state index in [4.69, 9.17) is 4.74 Å². The number of likely N-dealkylation sites (tertiary alicyclic amines) is 1. The molecule has 148 valence electrons. The van der Waals surface area contributed by atoms with Crippen LogP contribution in [0.1, 0.15) is 82.2 Å². The Morgan fingerprint density at radius 2 is 1.89 bits per heavy atom. The number of nitrogens with one attached hydrogen (secondary N) is 1. The van der Waals surface area contributed by atoms with Crippen LogP contribution in [-0.2, 0) is 6.42 Å². The van der Waals surface area contributed by atoms with Crippen molar-refractivity contribution in [3.63, 3.8) is 0 Å². The summed E-state index contributed by atoms with van der Waals surface area (Å²) in [4.78, 5) is 31.2. The van der Waals surface area contributed by atoms with E-state index in [-0.39, 0.29) is 17.7 Å². The van der Waals surface area contributed by atoms with Gasteiger partial charge < -0.3 is 14.6 Å². The van der Waals surface area contributed by atoms with Crippen LogP contribution in [0, 0.1) is 6.92 Å². The first-order chi connectivity index (χ1) is 13.6. The number of ether oxygens (including phenoxy) is 1. The minimum atomic E-state index is 0.0161. The predicted octanol–water partition coefficient (Wildman–Crippen LogP) is 4.61. The molecule has 1 aliphatic heterocycles. The SMILES string of the molecule is COc1ccc(C2CCCCCN2C(=O)c2[nH]c3c(c2C)C(=O)CCC3)cc1. The van der Waals surface area contributed by atoms with Gasteiger partial charge in [-0.1, -0.05) is 25.0 Å². The number of benzene rings is 1. The summed E-state index contributed by atoms with van der Waals surface area (Å²) in [6, 6.07) is 8.09. The first-order valence-electron chi connectivity index (χ1n) is 10.3. The molecule has 1 aromatic carbocycles. The van der Waals surface area contributed by atoms with Crippen molar-refractivity contribution in [2.45, 2.75) is 57.9 Å². The summed E-state index contributed by atoms with van der Waals surface area (Å²) in [7, 11) is 1.66. The quantitative estimate of drug-likeness (QED) is 0.846. The topological polar surface area (TPSA) is 62.4 Å². The fraction of sp³-hybridized carbons (Fsp3) is 0.478. The Morgan fingerprint density at radius 1 is 1.11 bits per heavy atom. The molecule has 1 N–H and O–H groups in total. The standard InChI is InChI=1S/C23H28N2O3/c1-15-21-18(7-6-9-20(21)26)24-22(15)23(27)25-14-5-3-4-8-19(25)16-10-12-17(28-2)13-11-16/h10-13,19,24H,3-9,14H2,1-2H3. The van der Waals surface area contributed by atoms with Crippen molar-refractivity contribution < 1.29 is 14.3 Å². The fourth-order valence-electron chi connectivity index (χ4n) is 4.66. The molecular weight excluding hydrogens is 352 g/mol. The second kappa shape index (κ2) is 7.82. The number of amides is 1.